The average molecular weight is 346 g/mol. The maximum atomic E-state index is 13.4. The summed E-state index contributed by atoms with van der Waals surface area (Å²) >= 11 is 3.42. The lowest BCUT2D eigenvalue weighted by atomic mass is 10.3. The fourth-order valence-corrected chi connectivity index (χ4v) is 3.56. The summed E-state index contributed by atoms with van der Waals surface area (Å²) < 4.78 is 28.1. The molecule has 0 amide bonds. The molecule has 1 unspecified atom stereocenters. The highest BCUT2D eigenvalue weighted by Gasteiger charge is 2.15. The highest BCUT2D eigenvalue weighted by Crippen LogP contribution is 2.24. The van der Waals surface area contributed by atoms with E-state index in [0.717, 1.165) is 15.9 Å². The van der Waals surface area contributed by atoms with Gasteiger partial charge in [0.25, 0.3) is 0 Å². The SMILES string of the molecule is Cc1nn(C)c(CS(=O)c2ccc(N)c(F)c2)c1Br. The Labute approximate surface area is 121 Å². The number of hydrogen-bond donors (Lipinski definition) is 1. The van der Waals surface area contributed by atoms with Gasteiger partial charge in [-0.3, -0.25) is 8.89 Å². The molecule has 0 radical (unpaired) electrons. The lowest BCUT2D eigenvalue weighted by Crippen LogP contribution is -2.04. The van der Waals surface area contributed by atoms with Crippen molar-refractivity contribution in [2.24, 2.45) is 7.05 Å². The van der Waals surface area contributed by atoms with Gasteiger partial charge in [-0.25, -0.2) is 4.39 Å². The second kappa shape index (κ2) is 5.42. The first-order chi connectivity index (χ1) is 8.90. The summed E-state index contributed by atoms with van der Waals surface area (Å²) in [6.45, 7) is 1.86. The monoisotopic (exact) mass is 345 g/mol. The van der Waals surface area contributed by atoms with Crippen LogP contribution in [0.3, 0.4) is 0 Å². The van der Waals surface area contributed by atoms with Crippen LogP contribution in [0.1, 0.15) is 11.4 Å². The Morgan fingerprint density at radius 3 is 2.74 bits per heavy atom. The van der Waals surface area contributed by atoms with Crippen LogP contribution >= 0.6 is 15.9 Å². The minimum Gasteiger partial charge on any atom is -0.396 e. The van der Waals surface area contributed by atoms with Crippen molar-refractivity contribution in [3.05, 3.63) is 39.9 Å². The molecule has 0 saturated carbocycles. The molecule has 1 atom stereocenters. The zero-order valence-corrected chi connectivity index (χ0v) is 12.9. The molecule has 0 aliphatic carbocycles. The van der Waals surface area contributed by atoms with Gasteiger partial charge < -0.3 is 5.73 Å². The van der Waals surface area contributed by atoms with Crippen molar-refractivity contribution in [2.45, 2.75) is 17.6 Å². The van der Waals surface area contributed by atoms with Crippen LogP contribution in [0.5, 0.6) is 0 Å². The number of halogens is 2. The third-order valence-electron chi connectivity index (χ3n) is 2.76. The Balaban J connectivity index is 2.28. The Morgan fingerprint density at radius 2 is 2.21 bits per heavy atom. The van der Waals surface area contributed by atoms with Gasteiger partial charge in [-0.05, 0) is 41.1 Å². The van der Waals surface area contributed by atoms with Gasteiger partial charge in [0, 0.05) is 11.9 Å². The molecule has 1 aromatic carbocycles. The number of nitrogens with zero attached hydrogens (tertiary/aromatic N) is 2. The third-order valence-corrected chi connectivity index (χ3v) is 5.11. The van der Waals surface area contributed by atoms with Crippen molar-refractivity contribution >= 4 is 32.4 Å². The summed E-state index contributed by atoms with van der Waals surface area (Å²) in [5, 5.41) is 4.23. The average Bonchev–Trinajstić information content (AvgIpc) is 2.59. The highest BCUT2D eigenvalue weighted by atomic mass is 79.9. The predicted octanol–water partition coefficient (Wildman–Crippen LogP) is 2.52. The molecular weight excluding hydrogens is 333 g/mol. The molecule has 0 bridgehead atoms. The van der Waals surface area contributed by atoms with E-state index in [1.165, 1.54) is 12.1 Å². The number of nitrogens with two attached hydrogens (primary N) is 1. The van der Waals surface area contributed by atoms with E-state index in [2.05, 4.69) is 21.0 Å². The summed E-state index contributed by atoms with van der Waals surface area (Å²) in [5.74, 6) is -0.285. The minimum atomic E-state index is -1.35. The Bertz CT molecular complexity index is 657. The van der Waals surface area contributed by atoms with E-state index < -0.39 is 16.6 Å². The summed E-state index contributed by atoms with van der Waals surface area (Å²) in [6, 6.07) is 4.21. The van der Waals surface area contributed by atoms with Crippen LogP contribution < -0.4 is 5.73 Å². The molecule has 1 heterocycles. The molecule has 2 aromatic rings. The Hall–Kier alpha value is -1.21. The van der Waals surface area contributed by atoms with Gasteiger partial charge in [0.15, 0.2) is 0 Å². The minimum absolute atomic E-state index is 0.0540. The van der Waals surface area contributed by atoms with E-state index >= 15 is 0 Å². The molecule has 0 saturated heterocycles. The second-order valence-corrected chi connectivity index (χ2v) is 6.39. The van der Waals surface area contributed by atoms with Crippen molar-refractivity contribution in [1.29, 1.82) is 0 Å². The van der Waals surface area contributed by atoms with Crippen LogP contribution in [0.2, 0.25) is 0 Å². The van der Waals surface area contributed by atoms with Gasteiger partial charge in [0.05, 0.1) is 38.1 Å². The molecule has 7 heteroatoms. The molecule has 0 fully saturated rings. The van der Waals surface area contributed by atoms with Crippen LogP contribution in [0, 0.1) is 12.7 Å². The molecular formula is C12H13BrFN3OS. The topological polar surface area (TPSA) is 60.9 Å². The van der Waals surface area contributed by atoms with Crippen LogP contribution in [0.25, 0.3) is 0 Å². The lowest BCUT2D eigenvalue weighted by molar-refractivity contribution is 0.627. The van der Waals surface area contributed by atoms with E-state index in [9.17, 15) is 8.60 Å². The van der Waals surface area contributed by atoms with Gasteiger partial charge in [-0.15, -0.1) is 0 Å². The van der Waals surface area contributed by atoms with Crippen molar-refractivity contribution in [3.8, 4) is 0 Å². The third kappa shape index (κ3) is 2.87. The molecule has 2 N–H and O–H groups in total. The first kappa shape index (κ1) is 14.2. The number of aryl methyl sites for hydroxylation is 2. The quantitative estimate of drug-likeness (QED) is 0.869. The summed E-state index contributed by atoms with van der Waals surface area (Å²) in [6.07, 6.45) is 0. The van der Waals surface area contributed by atoms with Gasteiger partial charge >= 0.3 is 0 Å². The number of aromatic nitrogens is 2. The highest BCUT2D eigenvalue weighted by molar-refractivity contribution is 9.10. The normalized spacial score (nSPS) is 12.6. The molecule has 4 nitrogen and oxygen atoms in total. The summed E-state index contributed by atoms with van der Waals surface area (Å²) in [7, 11) is 0.439. The summed E-state index contributed by atoms with van der Waals surface area (Å²) in [4.78, 5) is 0.414. The number of hydrogen-bond acceptors (Lipinski definition) is 3. The Kier molecular flexibility index (Phi) is 4.05. The van der Waals surface area contributed by atoms with E-state index in [1.807, 2.05) is 6.92 Å². The zero-order chi connectivity index (χ0) is 14.2. The van der Waals surface area contributed by atoms with E-state index in [1.54, 1.807) is 17.8 Å². The molecule has 0 spiro atoms. The zero-order valence-electron chi connectivity index (χ0n) is 10.5. The van der Waals surface area contributed by atoms with Crippen molar-refractivity contribution in [1.82, 2.24) is 9.78 Å². The van der Waals surface area contributed by atoms with Crippen molar-refractivity contribution in [3.63, 3.8) is 0 Å². The van der Waals surface area contributed by atoms with Crippen LogP contribution in [0.15, 0.2) is 27.6 Å². The van der Waals surface area contributed by atoms with Gasteiger partial charge in [0.1, 0.15) is 5.82 Å². The van der Waals surface area contributed by atoms with Crippen LogP contribution in [-0.2, 0) is 23.6 Å². The number of nitrogen functional groups attached to an aromatic ring is 1. The standard InChI is InChI=1S/C12H13BrFN3OS/c1-7-12(13)11(17(2)16-7)6-19(18)8-3-4-10(15)9(14)5-8/h3-5H,6,15H2,1-2H3. The largest absolute Gasteiger partial charge is 0.396 e. The van der Waals surface area contributed by atoms with Gasteiger partial charge in [-0.2, -0.15) is 5.10 Å². The van der Waals surface area contributed by atoms with E-state index in [4.69, 9.17) is 5.73 Å². The Morgan fingerprint density at radius 1 is 1.53 bits per heavy atom. The number of rotatable bonds is 3. The molecule has 0 aliphatic rings. The fourth-order valence-electron chi connectivity index (χ4n) is 1.69. The predicted molar refractivity (Wildman–Crippen MR) is 76.6 cm³/mol. The van der Waals surface area contributed by atoms with Crippen LogP contribution in [-0.4, -0.2) is 14.0 Å². The maximum absolute atomic E-state index is 13.4. The van der Waals surface area contributed by atoms with Crippen molar-refractivity contribution in [2.75, 3.05) is 5.73 Å². The molecule has 102 valence electrons. The molecule has 0 aliphatic heterocycles. The second-order valence-electron chi connectivity index (χ2n) is 4.14. The lowest BCUT2D eigenvalue weighted by Gasteiger charge is -2.05. The van der Waals surface area contributed by atoms with Gasteiger partial charge in [-0.1, -0.05) is 0 Å². The molecule has 2 rings (SSSR count). The molecule has 1 aromatic heterocycles. The number of anilines is 1. The summed E-state index contributed by atoms with van der Waals surface area (Å²) in [5.41, 5.74) is 7.10. The van der Waals surface area contributed by atoms with Gasteiger partial charge in [0.2, 0.25) is 0 Å². The maximum Gasteiger partial charge on any atom is 0.147 e. The smallest absolute Gasteiger partial charge is 0.147 e. The van der Waals surface area contributed by atoms with Crippen LogP contribution in [0.4, 0.5) is 10.1 Å². The first-order valence-corrected chi connectivity index (χ1v) is 7.62. The van der Waals surface area contributed by atoms with E-state index in [0.29, 0.717) is 4.90 Å². The number of benzene rings is 1. The molecule has 19 heavy (non-hydrogen) atoms. The fraction of sp³-hybridized carbons (Fsp3) is 0.250. The first-order valence-electron chi connectivity index (χ1n) is 5.51. The van der Waals surface area contributed by atoms with Crippen molar-refractivity contribution < 1.29 is 8.60 Å². The van der Waals surface area contributed by atoms with E-state index in [-0.39, 0.29) is 11.4 Å².